The normalized spacial score (nSPS) is 9.78. The predicted octanol–water partition coefficient (Wildman–Crippen LogP) is 1.24. The molecule has 2 rings (SSSR count). The van der Waals surface area contributed by atoms with E-state index < -0.39 is 11.8 Å². The fraction of sp³-hybridized carbons (Fsp3) is 0.125. The molecule has 3 N–H and O–H groups in total. The van der Waals surface area contributed by atoms with Gasteiger partial charge in [-0.25, -0.2) is 0 Å². The Labute approximate surface area is 132 Å². The van der Waals surface area contributed by atoms with Gasteiger partial charge in [-0.15, -0.1) is 0 Å². The zero-order valence-corrected chi connectivity index (χ0v) is 12.4. The molecule has 7 heteroatoms. The van der Waals surface area contributed by atoms with Crippen molar-refractivity contribution < 1.29 is 24.2 Å². The lowest BCUT2D eigenvalue weighted by molar-refractivity contribution is -0.123. The van der Waals surface area contributed by atoms with E-state index in [-0.39, 0.29) is 12.4 Å². The van der Waals surface area contributed by atoms with Gasteiger partial charge >= 0.3 is 0 Å². The summed E-state index contributed by atoms with van der Waals surface area (Å²) < 4.78 is 10.3. The molecular weight excluding hydrogens is 300 g/mol. The lowest BCUT2D eigenvalue weighted by atomic mass is 10.2. The van der Waals surface area contributed by atoms with E-state index in [2.05, 4.69) is 10.9 Å². The second kappa shape index (κ2) is 7.69. The summed E-state index contributed by atoms with van der Waals surface area (Å²) in [7, 11) is 1.56. The summed E-state index contributed by atoms with van der Waals surface area (Å²) in [6.07, 6.45) is 0. The van der Waals surface area contributed by atoms with Gasteiger partial charge in [-0.1, -0.05) is 0 Å². The lowest BCUT2D eigenvalue weighted by Gasteiger charge is -2.09. The molecule has 0 aliphatic rings. The third-order valence-electron chi connectivity index (χ3n) is 2.87. The maximum atomic E-state index is 11.7. The molecule has 0 atom stereocenters. The van der Waals surface area contributed by atoms with Gasteiger partial charge in [0.15, 0.2) is 6.61 Å². The Hall–Kier alpha value is -3.22. The van der Waals surface area contributed by atoms with Gasteiger partial charge in [0, 0.05) is 5.56 Å². The fourth-order valence-electron chi connectivity index (χ4n) is 1.67. The van der Waals surface area contributed by atoms with E-state index in [9.17, 15) is 9.59 Å². The van der Waals surface area contributed by atoms with Crippen LogP contribution in [-0.4, -0.2) is 30.6 Å². The standard InChI is InChI=1S/C16H16N2O5/c1-22-13-6-8-14(9-7-13)23-10-15(20)17-18-16(21)11-2-4-12(19)5-3-11/h2-9,19H,10H2,1H3,(H,17,20)(H,18,21). The molecule has 0 radical (unpaired) electrons. The number of methoxy groups -OCH3 is 1. The van der Waals surface area contributed by atoms with Gasteiger partial charge in [-0.3, -0.25) is 20.4 Å². The van der Waals surface area contributed by atoms with E-state index in [1.54, 1.807) is 31.4 Å². The zero-order chi connectivity index (χ0) is 16.7. The fourth-order valence-corrected chi connectivity index (χ4v) is 1.67. The molecule has 0 saturated carbocycles. The average Bonchev–Trinajstić information content (AvgIpc) is 2.59. The second-order valence-electron chi connectivity index (χ2n) is 4.51. The Balaban J connectivity index is 1.76. The first-order valence-electron chi connectivity index (χ1n) is 6.73. The van der Waals surface area contributed by atoms with Crippen molar-refractivity contribution in [2.75, 3.05) is 13.7 Å². The highest BCUT2D eigenvalue weighted by atomic mass is 16.5. The first-order valence-corrected chi connectivity index (χ1v) is 6.73. The maximum Gasteiger partial charge on any atom is 0.276 e. The molecule has 0 bridgehead atoms. The first kappa shape index (κ1) is 16.2. The van der Waals surface area contributed by atoms with Crippen LogP contribution < -0.4 is 20.3 Å². The van der Waals surface area contributed by atoms with Crippen LogP contribution in [0.5, 0.6) is 17.2 Å². The molecule has 0 heterocycles. The number of nitrogens with one attached hydrogen (secondary N) is 2. The van der Waals surface area contributed by atoms with Crippen LogP contribution in [0.2, 0.25) is 0 Å². The Morgan fingerprint density at radius 3 is 2.17 bits per heavy atom. The number of amides is 2. The summed E-state index contributed by atoms with van der Waals surface area (Å²) in [6, 6.07) is 12.4. The number of aromatic hydroxyl groups is 1. The summed E-state index contributed by atoms with van der Waals surface area (Å²) in [5, 5.41) is 9.14. The van der Waals surface area contributed by atoms with Crippen molar-refractivity contribution in [1.29, 1.82) is 0 Å². The van der Waals surface area contributed by atoms with Gasteiger partial charge in [0.05, 0.1) is 7.11 Å². The van der Waals surface area contributed by atoms with Crippen LogP contribution in [0, 0.1) is 0 Å². The number of carbonyl (C=O) groups excluding carboxylic acids is 2. The van der Waals surface area contributed by atoms with Crippen LogP contribution in [0.4, 0.5) is 0 Å². The third-order valence-corrected chi connectivity index (χ3v) is 2.87. The maximum absolute atomic E-state index is 11.7. The molecule has 120 valence electrons. The second-order valence-corrected chi connectivity index (χ2v) is 4.51. The van der Waals surface area contributed by atoms with E-state index in [1.165, 1.54) is 24.3 Å². The molecular formula is C16H16N2O5. The molecule has 0 aliphatic carbocycles. The molecule has 7 nitrogen and oxygen atoms in total. The quantitative estimate of drug-likeness (QED) is 0.721. The summed E-state index contributed by atoms with van der Waals surface area (Å²) in [5.74, 6) is 0.239. The van der Waals surface area contributed by atoms with E-state index in [0.717, 1.165) is 0 Å². The van der Waals surface area contributed by atoms with Crippen molar-refractivity contribution >= 4 is 11.8 Å². The van der Waals surface area contributed by atoms with Crippen molar-refractivity contribution in [1.82, 2.24) is 10.9 Å². The molecule has 23 heavy (non-hydrogen) atoms. The number of phenolic OH excluding ortho intramolecular Hbond substituents is 1. The van der Waals surface area contributed by atoms with Crippen LogP contribution in [0.3, 0.4) is 0 Å². The molecule has 0 aromatic heterocycles. The Morgan fingerprint density at radius 2 is 1.57 bits per heavy atom. The number of benzene rings is 2. The summed E-state index contributed by atoms with van der Waals surface area (Å²) in [4.78, 5) is 23.4. The molecule has 0 saturated heterocycles. The Morgan fingerprint density at radius 1 is 0.957 bits per heavy atom. The highest BCUT2D eigenvalue weighted by Gasteiger charge is 2.08. The van der Waals surface area contributed by atoms with E-state index >= 15 is 0 Å². The number of hydrazine groups is 1. The molecule has 2 aromatic rings. The number of hydrogen-bond donors (Lipinski definition) is 3. The molecule has 0 aliphatic heterocycles. The SMILES string of the molecule is COc1ccc(OCC(=O)NNC(=O)c2ccc(O)cc2)cc1. The topological polar surface area (TPSA) is 96.9 Å². The zero-order valence-electron chi connectivity index (χ0n) is 12.4. The smallest absolute Gasteiger partial charge is 0.276 e. The highest BCUT2D eigenvalue weighted by molar-refractivity contribution is 5.95. The number of phenols is 1. The van der Waals surface area contributed by atoms with E-state index in [1.807, 2.05) is 0 Å². The largest absolute Gasteiger partial charge is 0.508 e. The Bertz CT molecular complexity index is 668. The van der Waals surface area contributed by atoms with E-state index in [0.29, 0.717) is 17.1 Å². The minimum atomic E-state index is -0.507. The minimum Gasteiger partial charge on any atom is -0.508 e. The van der Waals surface area contributed by atoms with Crippen LogP contribution in [0.1, 0.15) is 10.4 Å². The Kier molecular flexibility index (Phi) is 5.40. The van der Waals surface area contributed by atoms with Crippen LogP contribution in [0.15, 0.2) is 48.5 Å². The van der Waals surface area contributed by atoms with Gasteiger partial charge in [-0.2, -0.15) is 0 Å². The summed E-state index contributed by atoms with van der Waals surface area (Å²) in [5.41, 5.74) is 4.80. The number of carbonyl (C=O) groups is 2. The van der Waals surface area contributed by atoms with Gasteiger partial charge in [0.1, 0.15) is 17.2 Å². The molecule has 2 amide bonds. The van der Waals surface area contributed by atoms with Crippen LogP contribution in [-0.2, 0) is 4.79 Å². The van der Waals surface area contributed by atoms with Gasteiger partial charge < -0.3 is 14.6 Å². The van der Waals surface area contributed by atoms with Crippen molar-refractivity contribution in [2.24, 2.45) is 0 Å². The first-order chi connectivity index (χ1) is 11.1. The van der Waals surface area contributed by atoms with Crippen molar-refractivity contribution in [2.45, 2.75) is 0 Å². The van der Waals surface area contributed by atoms with Crippen molar-refractivity contribution in [3.05, 3.63) is 54.1 Å². The van der Waals surface area contributed by atoms with Gasteiger partial charge in [-0.05, 0) is 48.5 Å². The van der Waals surface area contributed by atoms with Crippen LogP contribution >= 0.6 is 0 Å². The molecule has 2 aromatic carbocycles. The molecule has 0 unspecified atom stereocenters. The monoisotopic (exact) mass is 316 g/mol. The number of hydrogen-bond acceptors (Lipinski definition) is 5. The van der Waals surface area contributed by atoms with Gasteiger partial charge in [0.2, 0.25) is 0 Å². The minimum absolute atomic E-state index is 0.0541. The summed E-state index contributed by atoms with van der Waals surface area (Å²) in [6.45, 7) is -0.248. The highest BCUT2D eigenvalue weighted by Crippen LogP contribution is 2.16. The third kappa shape index (κ3) is 4.92. The van der Waals surface area contributed by atoms with Crippen molar-refractivity contribution in [3.63, 3.8) is 0 Å². The van der Waals surface area contributed by atoms with Crippen molar-refractivity contribution in [3.8, 4) is 17.2 Å². The van der Waals surface area contributed by atoms with Gasteiger partial charge in [0.25, 0.3) is 11.8 Å². The molecule has 0 fully saturated rings. The molecule has 0 spiro atoms. The number of ether oxygens (including phenoxy) is 2. The average molecular weight is 316 g/mol. The predicted molar refractivity (Wildman–Crippen MR) is 82.2 cm³/mol. The van der Waals surface area contributed by atoms with E-state index in [4.69, 9.17) is 14.6 Å². The lowest BCUT2D eigenvalue weighted by Crippen LogP contribution is -2.43. The van der Waals surface area contributed by atoms with Crippen LogP contribution in [0.25, 0.3) is 0 Å². The summed E-state index contributed by atoms with van der Waals surface area (Å²) >= 11 is 0. The number of rotatable bonds is 5.